The molecule has 17 heavy (non-hydrogen) atoms. The summed E-state index contributed by atoms with van der Waals surface area (Å²) in [4.78, 5) is 2.48. The fourth-order valence-corrected chi connectivity index (χ4v) is 3.67. The highest BCUT2D eigenvalue weighted by atomic mass is 16.3. The van der Waals surface area contributed by atoms with E-state index in [9.17, 15) is 5.11 Å². The van der Waals surface area contributed by atoms with Crippen LogP contribution in [-0.2, 0) is 0 Å². The van der Waals surface area contributed by atoms with Crippen molar-refractivity contribution in [1.29, 1.82) is 0 Å². The third-order valence-corrected chi connectivity index (χ3v) is 4.34. The van der Waals surface area contributed by atoms with E-state index in [4.69, 9.17) is 0 Å². The molecule has 2 heteroatoms. The van der Waals surface area contributed by atoms with Crippen molar-refractivity contribution >= 4 is 0 Å². The summed E-state index contributed by atoms with van der Waals surface area (Å²) in [5.74, 6) is 0.657. The van der Waals surface area contributed by atoms with Gasteiger partial charge in [-0.15, -0.1) is 0 Å². The molecule has 0 spiro atoms. The molecule has 2 aliphatic heterocycles. The van der Waals surface area contributed by atoms with Gasteiger partial charge in [0.2, 0.25) is 0 Å². The Morgan fingerprint density at radius 1 is 1.59 bits per heavy atom. The normalized spacial score (nSPS) is 38.4. The summed E-state index contributed by atoms with van der Waals surface area (Å²) >= 11 is 0. The van der Waals surface area contributed by atoms with Crippen LogP contribution in [0.3, 0.4) is 0 Å². The van der Waals surface area contributed by atoms with Crippen LogP contribution in [0.1, 0.15) is 52.9 Å². The van der Waals surface area contributed by atoms with E-state index in [1.807, 2.05) is 6.92 Å². The largest absolute Gasteiger partial charge is 0.388 e. The monoisotopic (exact) mass is 237 g/mol. The molecule has 0 aliphatic carbocycles. The van der Waals surface area contributed by atoms with E-state index in [1.54, 1.807) is 0 Å². The van der Waals surface area contributed by atoms with Gasteiger partial charge in [-0.2, -0.15) is 0 Å². The van der Waals surface area contributed by atoms with Gasteiger partial charge in [0.25, 0.3) is 0 Å². The van der Waals surface area contributed by atoms with Gasteiger partial charge in [-0.25, -0.2) is 0 Å². The molecule has 2 saturated heterocycles. The number of hydrogen-bond donors (Lipinski definition) is 1. The van der Waals surface area contributed by atoms with Crippen LogP contribution in [0.2, 0.25) is 0 Å². The molecule has 2 nitrogen and oxygen atoms in total. The minimum absolute atomic E-state index is 0.404. The maximum atomic E-state index is 10.6. The first-order valence-corrected chi connectivity index (χ1v) is 7.19. The van der Waals surface area contributed by atoms with Gasteiger partial charge in [0.1, 0.15) is 0 Å². The molecule has 1 N–H and O–H groups in total. The van der Waals surface area contributed by atoms with Crippen molar-refractivity contribution in [3.05, 3.63) is 11.6 Å². The van der Waals surface area contributed by atoms with E-state index < -0.39 is 5.60 Å². The lowest BCUT2D eigenvalue weighted by atomic mass is 9.82. The third-order valence-electron chi connectivity index (χ3n) is 4.34. The maximum absolute atomic E-state index is 10.6. The Labute approximate surface area is 106 Å². The van der Waals surface area contributed by atoms with Crippen molar-refractivity contribution in [3.8, 4) is 0 Å². The van der Waals surface area contributed by atoms with Gasteiger partial charge < -0.3 is 5.11 Å². The molecular formula is C15H27NO. The van der Waals surface area contributed by atoms with Gasteiger partial charge in [-0.1, -0.05) is 31.9 Å². The Morgan fingerprint density at radius 2 is 2.35 bits per heavy atom. The van der Waals surface area contributed by atoms with Crippen LogP contribution in [0.5, 0.6) is 0 Å². The summed E-state index contributed by atoms with van der Waals surface area (Å²) in [7, 11) is 0. The van der Waals surface area contributed by atoms with Crippen molar-refractivity contribution < 1.29 is 5.11 Å². The van der Waals surface area contributed by atoms with Crippen LogP contribution in [0.25, 0.3) is 0 Å². The predicted octanol–water partition coefficient (Wildman–Crippen LogP) is 2.97. The summed E-state index contributed by atoms with van der Waals surface area (Å²) < 4.78 is 0. The Bertz CT molecular complexity index is 295. The molecule has 0 aromatic rings. The van der Waals surface area contributed by atoms with Crippen molar-refractivity contribution in [2.45, 2.75) is 64.5 Å². The molecule has 3 atom stereocenters. The smallest absolute Gasteiger partial charge is 0.0811 e. The maximum Gasteiger partial charge on any atom is 0.0811 e. The van der Waals surface area contributed by atoms with Crippen LogP contribution in [0.4, 0.5) is 0 Å². The van der Waals surface area contributed by atoms with Gasteiger partial charge in [0.15, 0.2) is 0 Å². The van der Waals surface area contributed by atoms with Crippen molar-refractivity contribution in [2.24, 2.45) is 5.92 Å². The zero-order chi connectivity index (χ0) is 12.5. The third kappa shape index (κ3) is 2.92. The molecule has 0 radical (unpaired) electrons. The van der Waals surface area contributed by atoms with E-state index in [0.29, 0.717) is 12.0 Å². The topological polar surface area (TPSA) is 23.5 Å². The first-order chi connectivity index (χ1) is 8.03. The number of rotatable bonds is 3. The van der Waals surface area contributed by atoms with Crippen LogP contribution in [-0.4, -0.2) is 34.7 Å². The quantitative estimate of drug-likeness (QED) is 0.763. The van der Waals surface area contributed by atoms with Gasteiger partial charge in [-0.3, -0.25) is 4.90 Å². The summed E-state index contributed by atoms with van der Waals surface area (Å²) in [5.41, 5.74) is 0.945. The number of fused-ring (bicyclic) bond motifs is 1. The van der Waals surface area contributed by atoms with E-state index in [0.717, 1.165) is 13.0 Å². The van der Waals surface area contributed by atoms with Crippen LogP contribution >= 0.6 is 0 Å². The molecule has 0 saturated carbocycles. The second-order valence-corrected chi connectivity index (χ2v) is 6.25. The zero-order valence-electron chi connectivity index (χ0n) is 11.6. The summed E-state index contributed by atoms with van der Waals surface area (Å²) in [6.45, 7) is 8.81. The Balaban J connectivity index is 2.06. The zero-order valence-corrected chi connectivity index (χ0v) is 11.6. The number of piperidine rings is 1. The number of allylic oxidation sites excluding steroid dienone is 1. The molecule has 0 unspecified atom stereocenters. The molecule has 2 rings (SSSR count). The molecule has 2 heterocycles. The van der Waals surface area contributed by atoms with Gasteiger partial charge >= 0.3 is 0 Å². The molecule has 0 bridgehead atoms. The average molecular weight is 237 g/mol. The SMILES string of the molecule is CCC[C@@H](C)/C=C1\CN2CCC[C@H]2[C@@](C)(O)C1. The fourth-order valence-electron chi connectivity index (χ4n) is 3.67. The summed E-state index contributed by atoms with van der Waals surface area (Å²) in [5, 5.41) is 10.6. The molecular weight excluding hydrogens is 210 g/mol. The lowest BCUT2D eigenvalue weighted by Gasteiger charge is -2.43. The lowest BCUT2D eigenvalue weighted by Crippen LogP contribution is -2.52. The highest BCUT2D eigenvalue weighted by Gasteiger charge is 2.43. The molecule has 0 aromatic heterocycles. The van der Waals surface area contributed by atoms with Crippen molar-refractivity contribution in [2.75, 3.05) is 13.1 Å². The molecule has 2 aliphatic rings. The van der Waals surface area contributed by atoms with Crippen molar-refractivity contribution in [3.63, 3.8) is 0 Å². The standard InChI is InChI=1S/C15H27NO/c1-4-6-12(2)9-13-10-15(3,17)14-7-5-8-16(14)11-13/h9,12,14,17H,4-8,10-11H2,1-3H3/b13-9-/t12-,14+,15+/m1/s1. The van der Waals surface area contributed by atoms with E-state index >= 15 is 0 Å². The van der Waals surface area contributed by atoms with Gasteiger partial charge in [0, 0.05) is 12.6 Å². The fraction of sp³-hybridized carbons (Fsp3) is 0.867. The van der Waals surface area contributed by atoms with E-state index in [1.165, 1.54) is 37.8 Å². The molecule has 98 valence electrons. The second-order valence-electron chi connectivity index (χ2n) is 6.25. The first kappa shape index (κ1) is 13.1. The van der Waals surface area contributed by atoms with Crippen LogP contribution < -0.4 is 0 Å². The lowest BCUT2D eigenvalue weighted by molar-refractivity contribution is -0.0330. The second kappa shape index (κ2) is 5.11. The summed E-state index contributed by atoms with van der Waals surface area (Å²) in [6, 6.07) is 0.404. The minimum Gasteiger partial charge on any atom is -0.388 e. The highest BCUT2D eigenvalue weighted by Crippen LogP contribution is 2.37. The number of nitrogens with zero attached hydrogens (tertiary/aromatic N) is 1. The average Bonchev–Trinajstić information content (AvgIpc) is 2.65. The van der Waals surface area contributed by atoms with Crippen molar-refractivity contribution in [1.82, 2.24) is 4.90 Å². The molecule has 2 fully saturated rings. The van der Waals surface area contributed by atoms with E-state index in [2.05, 4.69) is 24.8 Å². The first-order valence-electron chi connectivity index (χ1n) is 7.19. The molecule has 0 aromatic carbocycles. The minimum atomic E-state index is -0.507. The Kier molecular flexibility index (Phi) is 3.94. The number of hydrogen-bond acceptors (Lipinski definition) is 2. The van der Waals surface area contributed by atoms with Gasteiger partial charge in [-0.05, 0) is 45.1 Å². The molecule has 0 amide bonds. The highest BCUT2D eigenvalue weighted by molar-refractivity contribution is 5.17. The van der Waals surface area contributed by atoms with Crippen LogP contribution in [0, 0.1) is 5.92 Å². The van der Waals surface area contributed by atoms with Crippen LogP contribution in [0.15, 0.2) is 11.6 Å². The Morgan fingerprint density at radius 3 is 3.06 bits per heavy atom. The Hall–Kier alpha value is -0.340. The van der Waals surface area contributed by atoms with E-state index in [-0.39, 0.29) is 0 Å². The number of aliphatic hydroxyl groups is 1. The predicted molar refractivity (Wildman–Crippen MR) is 72.0 cm³/mol. The summed E-state index contributed by atoms with van der Waals surface area (Å²) in [6.07, 6.45) is 8.21. The van der Waals surface area contributed by atoms with Gasteiger partial charge in [0.05, 0.1) is 5.60 Å².